The Morgan fingerprint density at radius 2 is 2.03 bits per heavy atom. The number of nitrogens with two attached hydrogens (primary N) is 1. The SMILES string of the molecule is CC(=O)OC1CCC2(C)C(=CCC3C4=CC=C(c5cncc(N)c5)C4(C)CCC32)C1. The number of allylic oxidation sites excluding steroid dienone is 5. The predicted molar refractivity (Wildman–Crippen MR) is 119 cm³/mol. The lowest BCUT2D eigenvalue weighted by atomic mass is 9.49. The molecule has 0 radical (unpaired) electrons. The van der Waals surface area contributed by atoms with Crippen LogP contribution in [0.2, 0.25) is 0 Å². The lowest BCUT2D eigenvalue weighted by Gasteiger charge is -2.56. The maximum atomic E-state index is 11.4. The molecule has 158 valence electrons. The van der Waals surface area contributed by atoms with E-state index in [0.717, 1.165) is 43.4 Å². The number of hydrogen-bond acceptors (Lipinski definition) is 4. The fraction of sp³-hybridized carbons (Fsp3) is 0.538. The third-order valence-corrected chi connectivity index (χ3v) is 8.51. The van der Waals surface area contributed by atoms with Gasteiger partial charge in [0.2, 0.25) is 0 Å². The van der Waals surface area contributed by atoms with Crippen LogP contribution < -0.4 is 5.73 Å². The smallest absolute Gasteiger partial charge is 0.302 e. The normalized spacial score (nSPS) is 37.2. The molecule has 30 heavy (non-hydrogen) atoms. The number of carbonyl (C=O) groups excluding carboxylic acids is 1. The van der Waals surface area contributed by atoms with Crippen LogP contribution in [0.3, 0.4) is 0 Å². The molecule has 4 aliphatic carbocycles. The molecule has 2 N–H and O–H groups in total. The van der Waals surface area contributed by atoms with Gasteiger partial charge >= 0.3 is 5.97 Å². The first-order chi connectivity index (χ1) is 14.3. The largest absolute Gasteiger partial charge is 0.462 e. The van der Waals surface area contributed by atoms with Crippen molar-refractivity contribution >= 4 is 17.2 Å². The third-order valence-electron chi connectivity index (χ3n) is 8.51. The molecule has 4 aliphatic rings. The van der Waals surface area contributed by atoms with E-state index in [1.807, 2.05) is 6.20 Å². The van der Waals surface area contributed by atoms with Crippen molar-refractivity contribution in [1.29, 1.82) is 0 Å². The summed E-state index contributed by atoms with van der Waals surface area (Å²) in [6.07, 6.45) is 17.4. The molecule has 0 spiro atoms. The average molecular weight is 405 g/mol. The van der Waals surface area contributed by atoms with Crippen LogP contribution in [0.4, 0.5) is 5.69 Å². The molecule has 0 bridgehead atoms. The summed E-state index contributed by atoms with van der Waals surface area (Å²) in [4.78, 5) is 15.8. The highest BCUT2D eigenvalue weighted by atomic mass is 16.5. The van der Waals surface area contributed by atoms with Gasteiger partial charge in [0, 0.05) is 31.2 Å². The van der Waals surface area contributed by atoms with Gasteiger partial charge < -0.3 is 10.5 Å². The lowest BCUT2D eigenvalue weighted by Crippen LogP contribution is -2.47. The summed E-state index contributed by atoms with van der Waals surface area (Å²) in [6, 6.07) is 2.06. The molecular weight excluding hydrogens is 372 g/mol. The fourth-order valence-electron chi connectivity index (χ4n) is 6.99. The number of esters is 1. The van der Waals surface area contributed by atoms with Crippen molar-refractivity contribution in [3.63, 3.8) is 0 Å². The molecule has 5 rings (SSSR count). The first kappa shape index (κ1) is 19.6. The number of fused-ring (bicyclic) bond motifs is 5. The Kier molecular flexibility index (Phi) is 4.46. The predicted octanol–water partition coefficient (Wildman–Crippen LogP) is 5.47. The molecule has 0 aromatic carbocycles. The van der Waals surface area contributed by atoms with E-state index in [1.54, 1.807) is 11.8 Å². The zero-order valence-electron chi connectivity index (χ0n) is 18.3. The number of carbonyl (C=O) groups is 1. The van der Waals surface area contributed by atoms with E-state index in [9.17, 15) is 4.79 Å². The van der Waals surface area contributed by atoms with E-state index in [4.69, 9.17) is 10.5 Å². The molecule has 5 unspecified atom stereocenters. The van der Waals surface area contributed by atoms with Gasteiger partial charge in [-0.1, -0.05) is 43.2 Å². The third kappa shape index (κ3) is 2.87. The van der Waals surface area contributed by atoms with Gasteiger partial charge in [-0.3, -0.25) is 9.78 Å². The van der Waals surface area contributed by atoms with Crippen LogP contribution in [0.5, 0.6) is 0 Å². The minimum Gasteiger partial charge on any atom is -0.462 e. The molecule has 5 atom stereocenters. The van der Waals surface area contributed by atoms with E-state index in [-0.39, 0.29) is 22.9 Å². The Balaban J connectivity index is 1.42. The Bertz CT molecular complexity index is 991. The number of pyridine rings is 1. The highest BCUT2D eigenvalue weighted by Crippen LogP contribution is 2.64. The average Bonchev–Trinajstić information content (AvgIpc) is 3.05. The molecule has 1 heterocycles. The maximum absolute atomic E-state index is 11.4. The molecule has 4 nitrogen and oxygen atoms in total. The first-order valence-electron chi connectivity index (χ1n) is 11.3. The number of ether oxygens (including phenoxy) is 1. The van der Waals surface area contributed by atoms with Crippen LogP contribution in [0.15, 0.2) is 47.8 Å². The summed E-state index contributed by atoms with van der Waals surface area (Å²) < 4.78 is 5.56. The molecule has 1 aromatic rings. The fourth-order valence-corrected chi connectivity index (χ4v) is 6.99. The van der Waals surface area contributed by atoms with E-state index >= 15 is 0 Å². The molecule has 2 fully saturated rings. The number of nitrogens with zero attached hydrogens (tertiary/aromatic N) is 1. The molecule has 2 saturated carbocycles. The highest BCUT2D eigenvalue weighted by molar-refractivity contribution is 5.79. The van der Waals surface area contributed by atoms with Crippen molar-refractivity contribution in [2.75, 3.05) is 5.73 Å². The van der Waals surface area contributed by atoms with Crippen LogP contribution in [0, 0.1) is 22.7 Å². The zero-order chi connectivity index (χ0) is 21.1. The monoisotopic (exact) mass is 404 g/mol. The van der Waals surface area contributed by atoms with Crippen LogP contribution in [0.1, 0.15) is 64.9 Å². The van der Waals surface area contributed by atoms with Gasteiger partial charge in [0.25, 0.3) is 0 Å². The first-order valence-corrected chi connectivity index (χ1v) is 11.3. The second kappa shape index (κ2) is 6.83. The van der Waals surface area contributed by atoms with E-state index in [0.29, 0.717) is 11.8 Å². The van der Waals surface area contributed by atoms with E-state index in [1.165, 1.54) is 24.5 Å². The molecular formula is C26H32N2O2. The van der Waals surface area contributed by atoms with Gasteiger partial charge in [-0.2, -0.15) is 0 Å². The molecule has 0 saturated heterocycles. The van der Waals surface area contributed by atoms with Gasteiger partial charge in [-0.25, -0.2) is 0 Å². The Morgan fingerprint density at radius 3 is 2.80 bits per heavy atom. The second-order valence-corrected chi connectivity index (χ2v) is 10.1. The van der Waals surface area contributed by atoms with Crippen molar-refractivity contribution in [2.45, 2.75) is 65.4 Å². The van der Waals surface area contributed by atoms with Crippen LogP contribution in [-0.4, -0.2) is 17.1 Å². The topological polar surface area (TPSA) is 65.2 Å². The summed E-state index contributed by atoms with van der Waals surface area (Å²) in [5, 5.41) is 0. The lowest BCUT2D eigenvalue weighted by molar-refractivity contribution is -0.148. The standard InChI is InChI=1S/C26H32N2O2/c1-16(29)30-20-8-10-25(2)18(13-20)4-5-21-23-7-6-22(17-12-19(27)15-28-14-17)26(23,3)11-9-24(21)25/h4,6-7,12,14-15,20-21,24H,5,8-11,13,27H2,1-3H3. The van der Waals surface area contributed by atoms with Gasteiger partial charge in [-0.15, -0.1) is 0 Å². The van der Waals surface area contributed by atoms with Crippen LogP contribution >= 0.6 is 0 Å². The van der Waals surface area contributed by atoms with Crippen LogP contribution in [-0.2, 0) is 9.53 Å². The second-order valence-electron chi connectivity index (χ2n) is 10.1. The van der Waals surface area contributed by atoms with Crippen LogP contribution in [0.25, 0.3) is 5.57 Å². The number of rotatable bonds is 2. The number of nitrogen functional groups attached to an aromatic ring is 1. The Labute approximate surface area is 179 Å². The zero-order valence-corrected chi connectivity index (χ0v) is 18.3. The molecule has 1 aromatic heterocycles. The number of anilines is 1. The summed E-state index contributed by atoms with van der Waals surface area (Å²) in [5.41, 5.74) is 12.7. The number of aromatic nitrogens is 1. The minimum absolute atomic E-state index is 0.0576. The summed E-state index contributed by atoms with van der Waals surface area (Å²) in [6.45, 7) is 6.40. The minimum atomic E-state index is -0.155. The maximum Gasteiger partial charge on any atom is 0.302 e. The van der Waals surface area contributed by atoms with E-state index in [2.05, 4.69) is 43.1 Å². The van der Waals surface area contributed by atoms with Gasteiger partial charge in [0.05, 0.1) is 5.69 Å². The summed E-state index contributed by atoms with van der Waals surface area (Å²) in [7, 11) is 0. The molecule has 4 heteroatoms. The highest BCUT2D eigenvalue weighted by Gasteiger charge is 2.54. The van der Waals surface area contributed by atoms with Gasteiger partial charge in [0.15, 0.2) is 0 Å². The van der Waals surface area contributed by atoms with Crippen molar-refractivity contribution in [3.05, 3.63) is 53.4 Å². The van der Waals surface area contributed by atoms with Crippen molar-refractivity contribution < 1.29 is 9.53 Å². The van der Waals surface area contributed by atoms with Gasteiger partial charge in [0.1, 0.15) is 6.10 Å². The summed E-state index contributed by atoms with van der Waals surface area (Å²) >= 11 is 0. The van der Waals surface area contributed by atoms with Crippen molar-refractivity contribution in [2.24, 2.45) is 22.7 Å². The van der Waals surface area contributed by atoms with Gasteiger partial charge in [-0.05, 0) is 66.6 Å². The number of hydrogen-bond donors (Lipinski definition) is 1. The van der Waals surface area contributed by atoms with E-state index < -0.39 is 0 Å². The molecule has 0 amide bonds. The van der Waals surface area contributed by atoms with Crippen molar-refractivity contribution in [3.8, 4) is 0 Å². The Hall–Kier alpha value is -2.36. The quantitative estimate of drug-likeness (QED) is 0.524. The Morgan fingerprint density at radius 1 is 1.20 bits per heavy atom. The molecule has 0 aliphatic heterocycles. The summed E-state index contributed by atoms with van der Waals surface area (Å²) in [5.74, 6) is 1.10. The van der Waals surface area contributed by atoms with Crippen molar-refractivity contribution in [1.82, 2.24) is 4.98 Å².